The summed E-state index contributed by atoms with van der Waals surface area (Å²) in [7, 11) is 4.26. The molecule has 0 radical (unpaired) electrons. The number of carbonyl (C=O) groups is 1. The van der Waals surface area contributed by atoms with E-state index < -0.39 is 0 Å². The van der Waals surface area contributed by atoms with Crippen LogP contribution >= 0.6 is 0 Å². The fourth-order valence-electron chi connectivity index (χ4n) is 3.40. The van der Waals surface area contributed by atoms with Crippen LogP contribution in [0.4, 0.5) is 0 Å². The molecule has 0 amide bonds. The molecule has 0 unspecified atom stereocenters. The van der Waals surface area contributed by atoms with Crippen molar-refractivity contribution in [1.29, 1.82) is 0 Å². The van der Waals surface area contributed by atoms with Crippen molar-refractivity contribution < 1.29 is 4.79 Å². The SMILES string of the molecule is CN(C)CCCN1CCC(=O)[C@@H]2CCCC[C@@H]21. The van der Waals surface area contributed by atoms with E-state index in [9.17, 15) is 4.79 Å². The van der Waals surface area contributed by atoms with Crippen LogP contribution in [0.25, 0.3) is 0 Å². The van der Waals surface area contributed by atoms with E-state index in [1.54, 1.807) is 0 Å². The maximum atomic E-state index is 11.9. The molecule has 3 heteroatoms. The van der Waals surface area contributed by atoms with Crippen LogP contribution in [0, 0.1) is 5.92 Å². The molecule has 0 spiro atoms. The van der Waals surface area contributed by atoms with E-state index in [2.05, 4.69) is 23.9 Å². The molecule has 2 aliphatic rings. The van der Waals surface area contributed by atoms with Crippen molar-refractivity contribution in [2.45, 2.75) is 44.6 Å². The van der Waals surface area contributed by atoms with E-state index in [0.29, 0.717) is 17.7 Å². The molecule has 0 aromatic rings. The highest BCUT2D eigenvalue weighted by molar-refractivity contribution is 5.82. The summed E-state index contributed by atoms with van der Waals surface area (Å²) in [5, 5.41) is 0. The Balaban J connectivity index is 1.86. The van der Waals surface area contributed by atoms with Crippen molar-refractivity contribution >= 4 is 5.78 Å². The van der Waals surface area contributed by atoms with Gasteiger partial charge in [-0.05, 0) is 46.4 Å². The highest BCUT2D eigenvalue weighted by Gasteiger charge is 2.37. The highest BCUT2D eigenvalue weighted by atomic mass is 16.1. The van der Waals surface area contributed by atoms with Gasteiger partial charge in [-0.3, -0.25) is 9.69 Å². The molecule has 0 aromatic carbocycles. The maximum Gasteiger partial charge on any atom is 0.138 e. The van der Waals surface area contributed by atoms with Gasteiger partial charge in [0, 0.05) is 24.9 Å². The van der Waals surface area contributed by atoms with Crippen molar-refractivity contribution in [1.82, 2.24) is 9.80 Å². The fourth-order valence-corrected chi connectivity index (χ4v) is 3.40. The summed E-state index contributed by atoms with van der Waals surface area (Å²) in [4.78, 5) is 16.8. The summed E-state index contributed by atoms with van der Waals surface area (Å²) in [6.45, 7) is 3.34. The second-order valence-electron chi connectivity index (χ2n) is 5.87. The Labute approximate surface area is 105 Å². The predicted octanol–water partition coefficient (Wildman–Crippen LogP) is 1.77. The van der Waals surface area contributed by atoms with Gasteiger partial charge < -0.3 is 4.90 Å². The molecule has 17 heavy (non-hydrogen) atoms. The third-order valence-corrected chi connectivity index (χ3v) is 4.31. The Morgan fingerprint density at radius 1 is 1.29 bits per heavy atom. The van der Waals surface area contributed by atoms with Crippen molar-refractivity contribution in [3.05, 3.63) is 0 Å². The number of Topliss-reactive ketones (excluding diaryl/α,β-unsaturated/α-hetero) is 1. The van der Waals surface area contributed by atoms with Crippen LogP contribution in [0.3, 0.4) is 0 Å². The van der Waals surface area contributed by atoms with E-state index in [1.807, 2.05) is 0 Å². The number of hydrogen-bond acceptors (Lipinski definition) is 3. The number of fused-ring (bicyclic) bond motifs is 1. The molecule has 0 bridgehead atoms. The Morgan fingerprint density at radius 2 is 2.06 bits per heavy atom. The van der Waals surface area contributed by atoms with E-state index in [0.717, 1.165) is 25.9 Å². The molecule has 1 aliphatic heterocycles. The third kappa shape index (κ3) is 3.29. The minimum absolute atomic E-state index is 0.372. The molecule has 2 atom stereocenters. The van der Waals surface area contributed by atoms with Gasteiger partial charge in [-0.2, -0.15) is 0 Å². The van der Waals surface area contributed by atoms with Gasteiger partial charge in [0.2, 0.25) is 0 Å². The smallest absolute Gasteiger partial charge is 0.138 e. The number of ketones is 1. The van der Waals surface area contributed by atoms with Gasteiger partial charge >= 0.3 is 0 Å². The summed E-state index contributed by atoms with van der Waals surface area (Å²) in [6.07, 6.45) is 7.00. The van der Waals surface area contributed by atoms with Crippen LogP contribution < -0.4 is 0 Å². The zero-order chi connectivity index (χ0) is 12.3. The van der Waals surface area contributed by atoms with Crippen LogP contribution in [-0.2, 0) is 4.79 Å². The standard InChI is InChI=1S/C14H26N2O/c1-15(2)9-5-10-16-11-8-14(17)12-6-3-4-7-13(12)16/h12-13H,3-11H2,1-2H3/t12-,13+/m1/s1. The first-order valence-corrected chi connectivity index (χ1v) is 7.10. The van der Waals surface area contributed by atoms with Crippen molar-refractivity contribution in [2.75, 3.05) is 33.7 Å². The average molecular weight is 238 g/mol. The lowest BCUT2D eigenvalue weighted by molar-refractivity contribution is -0.130. The van der Waals surface area contributed by atoms with Gasteiger partial charge in [0.15, 0.2) is 0 Å². The van der Waals surface area contributed by atoms with Gasteiger partial charge in [0.05, 0.1) is 0 Å². The molecule has 0 N–H and O–H groups in total. The number of carbonyl (C=O) groups excluding carboxylic acids is 1. The Morgan fingerprint density at radius 3 is 2.82 bits per heavy atom. The summed E-state index contributed by atoms with van der Waals surface area (Å²) in [5.74, 6) is 0.912. The lowest BCUT2D eigenvalue weighted by Crippen LogP contribution is -2.51. The first-order valence-electron chi connectivity index (χ1n) is 7.10. The second-order valence-corrected chi connectivity index (χ2v) is 5.87. The molecule has 2 rings (SSSR count). The average Bonchev–Trinajstić information content (AvgIpc) is 2.32. The Bertz CT molecular complexity index is 265. The maximum absolute atomic E-state index is 11.9. The lowest BCUT2D eigenvalue weighted by atomic mass is 9.77. The third-order valence-electron chi connectivity index (χ3n) is 4.31. The first kappa shape index (κ1) is 13.0. The minimum Gasteiger partial charge on any atom is -0.309 e. The largest absolute Gasteiger partial charge is 0.309 e. The monoisotopic (exact) mass is 238 g/mol. The van der Waals surface area contributed by atoms with Gasteiger partial charge in [-0.1, -0.05) is 12.8 Å². The lowest BCUT2D eigenvalue weighted by Gasteiger charge is -2.43. The van der Waals surface area contributed by atoms with Gasteiger partial charge in [-0.25, -0.2) is 0 Å². The topological polar surface area (TPSA) is 23.6 Å². The van der Waals surface area contributed by atoms with Crippen LogP contribution in [0.2, 0.25) is 0 Å². The number of piperidine rings is 1. The van der Waals surface area contributed by atoms with Crippen LogP contribution in [0.5, 0.6) is 0 Å². The zero-order valence-corrected chi connectivity index (χ0v) is 11.3. The van der Waals surface area contributed by atoms with Crippen LogP contribution in [0.1, 0.15) is 38.5 Å². The molecule has 2 fully saturated rings. The van der Waals surface area contributed by atoms with Crippen LogP contribution in [0.15, 0.2) is 0 Å². The molecular weight excluding hydrogens is 212 g/mol. The molecule has 0 aromatic heterocycles. The van der Waals surface area contributed by atoms with E-state index in [1.165, 1.54) is 32.2 Å². The van der Waals surface area contributed by atoms with Crippen molar-refractivity contribution in [3.63, 3.8) is 0 Å². The van der Waals surface area contributed by atoms with Crippen molar-refractivity contribution in [2.24, 2.45) is 5.92 Å². The molecular formula is C14H26N2O. The normalized spacial score (nSPS) is 30.6. The molecule has 1 saturated heterocycles. The van der Waals surface area contributed by atoms with E-state index in [-0.39, 0.29) is 0 Å². The van der Waals surface area contributed by atoms with E-state index >= 15 is 0 Å². The predicted molar refractivity (Wildman–Crippen MR) is 70.1 cm³/mol. The zero-order valence-electron chi connectivity index (χ0n) is 11.3. The van der Waals surface area contributed by atoms with Gasteiger partial charge in [-0.15, -0.1) is 0 Å². The number of rotatable bonds is 4. The molecule has 3 nitrogen and oxygen atoms in total. The highest BCUT2D eigenvalue weighted by Crippen LogP contribution is 2.33. The number of hydrogen-bond donors (Lipinski definition) is 0. The molecule has 1 heterocycles. The summed E-state index contributed by atoms with van der Waals surface area (Å²) in [6, 6.07) is 0.576. The number of likely N-dealkylation sites (tertiary alicyclic amines) is 1. The Hall–Kier alpha value is -0.410. The Kier molecular flexibility index (Phi) is 4.57. The first-order chi connectivity index (χ1) is 8.18. The minimum atomic E-state index is 0.372. The molecule has 1 aliphatic carbocycles. The molecule has 98 valence electrons. The quantitative estimate of drug-likeness (QED) is 0.746. The summed E-state index contributed by atoms with van der Waals surface area (Å²) < 4.78 is 0. The van der Waals surface area contributed by atoms with Crippen LogP contribution in [-0.4, -0.2) is 55.4 Å². The van der Waals surface area contributed by atoms with Gasteiger partial charge in [0.1, 0.15) is 5.78 Å². The fraction of sp³-hybridized carbons (Fsp3) is 0.929. The number of nitrogens with zero attached hydrogens (tertiary/aromatic N) is 2. The summed E-state index contributed by atoms with van der Waals surface area (Å²) in [5.41, 5.74) is 0. The molecule has 1 saturated carbocycles. The second kappa shape index (κ2) is 5.96. The summed E-state index contributed by atoms with van der Waals surface area (Å²) >= 11 is 0. The van der Waals surface area contributed by atoms with Gasteiger partial charge in [0.25, 0.3) is 0 Å². The van der Waals surface area contributed by atoms with E-state index in [4.69, 9.17) is 0 Å². The van der Waals surface area contributed by atoms with Crippen molar-refractivity contribution in [3.8, 4) is 0 Å².